The molecule has 3 aromatic heterocycles. The van der Waals surface area contributed by atoms with Crippen LogP contribution in [-0.2, 0) is 12.7 Å². The van der Waals surface area contributed by atoms with Crippen molar-refractivity contribution in [3.8, 4) is 0 Å². The lowest BCUT2D eigenvalue weighted by Gasteiger charge is -2.31. The van der Waals surface area contributed by atoms with Gasteiger partial charge in [-0.1, -0.05) is 6.07 Å². The molecule has 8 heteroatoms. The number of hydrogen-bond acceptors (Lipinski definition) is 3. The normalized spacial score (nSPS) is 19.6. The van der Waals surface area contributed by atoms with Gasteiger partial charge in [0.15, 0.2) is 0 Å². The molecule has 132 valence electrons. The molecule has 1 aliphatic rings. The van der Waals surface area contributed by atoms with Gasteiger partial charge in [0.05, 0.1) is 17.9 Å². The third-order valence-electron chi connectivity index (χ3n) is 4.69. The van der Waals surface area contributed by atoms with Gasteiger partial charge in [-0.15, -0.1) is 0 Å². The Hall–Kier alpha value is -2.35. The molecule has 4 rings (SSSR count). The number of halogens is 3. The molecule has 0 unspecified atom stereocenters. The van der Waals surface area contributed by atoms with Crippen LogP contribution in [0.4, 0.5) is 13.2 Å². The van der Waals surface area contributed by atoms with E-state index in [1.54, 1.807) is 0 Å². The van der Waals surface area contributed by atoms with Gasteiger partial charge in [-0.05, 0) is 31.5 Å². The van der Waals surface area contributed by atoms with E-state index >= 15 is 0 Å². The number of aromatic nitrogens is 4. The first-order valence-corrected chi connectivity index (χ1v) is 8.26. The predicted molar refractivity (Wildman–Crippen MR) is 86.0 cm³/mol. The van der Waals surface area contributed by atoms with Gasteiger partial charge >= 0.3 is 6.18 Å². The Kier molecular flexibility index (Phi) is 3.99. The van der Waals surface area contributed by atoms with Crippen molar-refractivity contribution in [1.29, 1.82) is 0 Å². The molecule has 0 bridgehead atoms. The molecule has 0 radical (unpaired) electrons. The Labute approximate surface area is 142 Å². The van der Waals surface area contributed by atoms with Crippen LogP contribution in [0.3, 0.4) is 0 Å². The average molecular weight is 349 g/mol. The standard InChI is InChI=1S/C17H18F3N5/c18-17(19,20)15-9-21-16(23-15)12-4-3-6-24(10-12)11-13-8-22-25-7-2-1-5-14(13)25/h1-2,5,7-9,12H,3-4,6,10-11H2,(H,21,23)/t12-/m1/s1. The lowest BCUT2D eigenvalue weighted by molar-refractivity contribution is -0.141. The summed E-state index contributed by atoms with van der Waals surface area (Å²) in [6.07, 6.45) is 2.05. The van der Waals surface area contributed by atoms with Crippen LogP contribution in [-0.4, -0.2) is 37.6 Å². The fourth-order valence-electron chi connectivity index (χ4n) is 3.46. The number of hydrogen-bond donors (Lipinski definition) is 1. The van der Waals surface area contributed by atoms with Crippen LogP contribution in [0.2, 0.25) is 0 Å². The summed E-state index contributed by atoms with van der Waals surface area (Å²) in [5, 5.41) is 4.34. The number of aromatic amines is 1. The number of nitrogens with one attached hydrogen (secondary N) is 1. The van der Waals surface area contributed by atoms with Crippen LogP contribution < -0.4 is 0 Å². The van der Waals surface area contributed by atoms with E-state index in [0.29, 0.717) is 12.4 Å². The number of fused-ring (bicyclic) bond motifs is 1. The van der Waals surface area contributed by atoms with Crippen LogP contribution in [0.15, 0.2) is 36.8 Å². The molecule has 3 aromatic rings. The highest BCUT2D eigenvalue weighted by Gasteiger charge is 2.34. The van der Waals surface area contributed by atoms with Crippen molar-refractivity contribution >= 4 is 5.52 Å². The second kappa shape index (κ2) is 6.18. The first kappa shape index (κ1) is 16.1. The van der Waals surface area contributed by atoms with Crippen LogP contribution in [0.1, 0.15) is 35.8 Å². The van der Waals surface area contributed by atoms with Crippen molar-refractivity contribution in [2.75, 3.05) is 13.1 Å². The third kappa shape index (κ3) is 3.26. The van der Waals surface area contributed by atoms with Crippen molar-refractivity contribution in [2.24, 2.45) is 0 Å². The maximum atomic E-state index is 12.8. The first-order valence-electron chi connectivity index (χ1n) is 8.26. The number of rotatable bonds is 3. The molecular formula is C17H18F3N5. The second-order valence-electron chi connectivity index (χ2n) is 6.45. The molecule has 0 saturated carbocycles. The highest BCUT2D eigenvalue weighted by Crippen LogP contribution is 2.31. The highest BCUT2D eigenvalue weighted by molar-refractivity contribution is 5.53. The summed E-state index contributed by atoms with van der Waals surface area (Å²) in [7, 11) is 0. The summed E-state index contributed by atoms with van der Waals surface area (Å²) in [5.41, 5.74) is 1.40. The van der Waals surface area contributed by atoms with E-state index in [2.05, 4.69) is 20.0 Å². The van der Waals surface area contributed by atoms with Gasteiger partial charge in [-0.3, -0.25) is 4.90 Å². The van der Waals surface area contributed by atoms with Crippen molar-refractivity contribution in [3.05, 3.63) is 53.9 Å². The molecule has 1 N–H and O–H groups in total. The molecule has 1 fully saturated rings. The maximum absolute atomic E-state index is 12.8. The number of imidazole rings is 1. The second-order valence-corrected chi connectivity index (χ2v) is 6.45. The average Bonchev–Trinajstić information content (AvgIpc) is 3.23. The van der Waals surface area contributed by atoms with Gasteiger partial charge in [0, 0.05) is 30.8 Å². The Morgan fingerprint density at radius 2 is 2.12 bits per heavy atom. The minimum atomic E-state index is -4.38. The van der Waals surface area contributed by atoms with Gasteiger partial charge in [0.25, 0.3) is 0 Å². The topological polar surface area (TPSA) is 49.2 Å². The van der Waals surface area contributed by atoms with Gasteiger partial charge in [0.1, 0.15) is 11.5 Å². The van der Waals surface area contributed by atoms with Crippen LogP contribution in [0.25, 0.3) is 5.52 Å². The fraction of sp³-hybridized carbons (Fsp3) is 0.412. The number of nitrogens with zero attached hydrogens (tertiary/aromatic N) is 4. The van der Waals surface area contributed by atoms with Gasteiger partial charge in [0.2, 0.25) is 0 Å². The van der Waals surface area contributed by atoms with E-state index in [1.807, 2.05) is 35.1 Å². The summed E-state index contributed by atoms with van der Waals surface area (Å²) in [4.78, 5) is 8.68. The zero-order valence-electron chi connectivity index (χ0n) is 13.5. The minimum absolute atomic E-state index is 0.00770. The minimum Gasteiger partial charge on any atom is -0.338 e. The molecule has 0 amide bonds. The summed E-state index contributed by atoms with van der Waals surface area (Å²) < 4.78 is 40.1. The van der Waals surface area contributed by atoms with Gasteiger partial charge in [-0.2, -0.15) is 18.3 Å². The molecule has 1 atom stereocenters. The SMILES string of the molecule is FC(F)(F)c1cnc([C@@H]2CCCN(Cc3cnn4ccccc34)C2)[nH]1. The van der Waals surface area contributed by atoms with E-state index in [0.717, 1.165) is 43.2 Å². The number of alkyl halides is 3. The smallest absolute Gasteiger partial charge is 0.338 e. The Morgan fingerprint density at radius 1 is 1.24 bits per heavy atom. The van der Waals surface area contributed by atoms with Gasteiger partial charge in [-0.25, -0.2) is 9.50 Å². The largest absolute Gasteiger partial charge is 0.432 e. The van der Waals surface area contributed by atoms with E-state index in [9.17, 15) is 13.2 Å². The van der Waals surface area contributed by atoms with E-state index in [1.165, 1.54) is 0 Å². The molecule has 0 aliphatic carbocycles. The summed E-state index contributed by atoms with van der Waals surface area (Å²) in [5.74, 6) is 0.420. The Morgan fingerprint density at radius 3 is 2.92 bits per heavy atom. The zero-order chi connectivity index (χ0) is 17.4. The maximum Gasteiger partial charge on any atom is 0.432 e. The van der Waals surface area contributed by atoms with Crippen molar-refractivity contribution in [1.82, 2.24) is 24.5 Å². The third-order valence-corrected chi connectivity index (χ3v) is 4.69. The fourth-order valence-corrected chi connectivity index (χ4v) is 3.46. The molecule has 1 saturated heterocycles. The lowest BCUT2D eigenvalue weighted by atomic mass is 9.97. The van der Waals surface area contributed by atoms with Crippen LogP contribution >= 0.6 is 0 Å². The van der Waals surface area contributed by atoms with E-state index in [4.69, 9.17) is 0 Å². The molecule has 1 aliphatic heterocycles. The highest BCUT2D eigenvalue weighted by atomic mass is 19.4. The summed E-state index contributed by atoms with van der Waals surface area (Å²) in [6.45, 7) is 2.35. The first-order chi connectivity index (χ1) is 12.0. The molecule has 4 heterocycles. The number of piperidine rings is 1. The van der Waals surface area contributed by atoms with Crippen molar-refractivity contribution in [3.63, 3.8) is 0 Å². The Balaban J connectivity index is 1.48. The van der Waals surface area contributed by atoms with Crippen molar-refractivity contribution < 1.29 is 13.2 Å². The summed E-state index contributed by atoms with van der Waals surface area (Å²) >= 11 is 0. The van der Waals surface area contributed by atoms with Crippen LogP contribution in [0, 0.1) is 0 Å². The Bertz CT molecular complexity index is 866. The van der Waals surface area contributed by atoms with Crippen molar-refractivity contribution in [2.45, 2.75) is 31.5 Å². The molecule has 5 nitrogen and oxygen atoms in total. The molecular weight excluding hydrogens is 331 g/mol. The quantitative estimate of drug-likeness (QED) is 0.788. The van der Waals surface area contributed by atoms with Gasteiger partial charge < -0.3 is 4.98 Å². The number of likely N-dealkylation sites (tertiary alicyclic amines) is 1. The zero-order valence-corrected chi connectivity index (χ0v) is 13.5. The number of H-pyrrole nitrogens is 1. The number of pyridine rings is 1. The summed E-state index contributed by atoms with van der Waals surface area (Å²) in [6, 6.07) is 5.92. The molecule has 25 heavy (non-hydrogen) atoms. The molecule has 0 aromatic carbocycles. The van der Waals surface area contributed by atoms with E-state index < -0.39 is 11.9 Å². The monoisotopic (exact) mass is 349 g/mol. The van der Waals surface area contributed by atoms with E-state index in [-0.39, 0.29) is 5.92 Å². The predicted octanol–water partition coefficient (Wildman–Crippen LogP) is 3.46. The van der Waals surface area contributed by atoms with Crippen LogP contribution in [0.5, 0.6) is 0 Å². The lowest BCUT2D eigenvalue weighted by Crippen LogP contribution is -2.34. The molecule has 0 spiro atoms.